The van der Waals surface area contributed by atoms with Gasteiger partial charge in [-0.15, -0.1) is 0 Å². The Morgan fingerprint density at radius 1 is 1.17 bits per heavy atom. The molecule has 1 atom stereocenters. The number of carbonyl (C=O) groups is 2. The summed E-state index contributed by atoms with van der Waals surface area (Å²) in [5.74, 6) is 0.381. The summed E-state index contributed by atoms with van der Waals surface area (Å²) in [5.41, 5.74) is 0.506. The highest BCUT2D eigenvalue weighted by atomic mass is 127. The third-order valence-corrected chi connectivity index (χ3v) is 5.28. The zero-order chi connectivity index (χ0) is 17.1. The maximum Gasteiger partial charge on any atom is 0.337 e. The van der Waals surface area contributed by atoms with Crippen LogP contribution in [0.25, 0.3) is 0 Å². The maximum atomic E-state index is 12.4. The Labute approximate surface area is 155 Å². The van der Waals surface area contributed by atoms with Crippen molar-refractivity contribution >= 4 is 34.6 Å². The molecule has 2 saturated heterocycles. The highest BCUT2D eigenvalue weighted by Gasteiger charge is 2.31. The fourth-order valence-corrected chi connectivity index (χ4v) is 3.77. The zero-order valence-corrected chi connectivity index (χ0v) is 15.8. The van der Waals surface area contributed by atoms with Crippen molar-refractivity contribution in [1.29, 1.82) is 0 Å². The lowest BCUT2D eigenvalue weighted by Gasteiger charge is -2.24. The second kappa shape index (κ2) is 7.58. The molecule has 0 aromatic heterocycles. The number of likely N-dealkylation sites (tertiary alicyclic amines) is 2. The molecule has 0 bridgehead atoms. The molecule has 2 amide bonds. The number of ether oxygens (including phenoxy) is 2. The molecule has 130 valence electrons. The molecule has 0 N–H and O–H groups in total. The Hall–Kier alpha value is -1.51. The predicted molar refractivity (Wildman–Crippen MR) is 97.3 cm³/mol. The van der Waals surface area contributed by atoms with E-state index in [-0.39, 0.29) is 18.1 Å². The van der Waals surface area contributed by atoms with Gasteiger partial charge in [0.15, 0.2) is 0 Å². The molecular formula is C17H21IN2O4. The molecule has 2 fully saturated rings. The van der Waals surface area contributed by atoms with E-state index in [1.54, 1.807) is 18.2 Å². The SMILES string of the molecule is COC(=O)c1ccc(O[C@H]2CCN(C(=O)N3CCCC3)C2)c(I)c1. The molecule has 1 aromatic carbocycles. The van der Waals surface area contributed by atoms with Crippen LogP contribution in [0.4, 0.5) is 4.79 Å². The van der Waals surface area contributed by atoms with Gasteiger partial charge < -0.3 is 19.3 Å². The van der Waals surface area contributed by atoms with E-state index in [9.17, 15) is 9.59 Å². The average Bonchev–Trinajstić information content (AvgIpc) is 3.27. The van der Waals surface area contributed by atoms with Gasteiger partial charge in [-0.3, -0.25) is 0 Å². The molecule has 0 spiro atoms. The molecule has 6 nitrogen and oxygen atoms in total. The number of hydrogen-bond acceptors (Lipinski definition) is 4. The molecule has 24 heavy (non-hydrogen) atoms. The number of esters is 1. The molecule has 0 aliphatic carbocycles. The highest BCUT2D eigenvalue weighted by molar-refractivity contribution is 14.1. The van der Waals surface area contributed by atoms with Crippen LogP contribution in [0.3, 0.4) is 0 Å². The molecular weight excluding hydrogens is 423 g/mol. The number of urea groups is 1. The van der Waals surface area contributed by atoms with Crippen LogP contribution in [-0.2, 0) is 4.74 Å². The van der Waals surface area contributed by atoms with E-state index < -0.39 is 0 Å². The number of amides is 2. The van der Waals surface area contributed by atoms with Gasteiger partial charge in [0.1, 0.15) is 11.9 Å². The minimum Gasteiger partial charge on any atom is -0.487 e. The molecule has 2 aliphatic rings. The van der Waals surface area contributed by atoms with E-state index in [0.29, 0.717) is 12.1 Å². The monoisotopic (exact) mass is 444 g/mol. The number of rotatable bonds is 3. The fraction of sp³-hybridized carbons (Fsp3) is 0.529. The standard InChI is InChI=1S/C17H21IN2O4/c1-23-16(21)12-4-5-15(14(18)10-12)24-13-6-9-20(11-13)17(22)19-7-2-3-8-19/h4-5,10,13H,2-3,6-9,11H2,1H3/t13-/m0/s1. The summed E-state index contributed by atoms with van der Waals surface area (Å²) in [6.45, 7) is 3.09. The van der Waals surface area contributed by atoms with Crippen molar-refractivity contribution in [2.45, 2.75) is 25.4 Å². The van der Waals surface area contributed by atoms with Crippen molar-refractivity contribution in [3.63, 3.8) is 0 Å². The lowest BCUT2D eigenvalue weighted by atomic mass is 10.2. The van der Waals surface area contributed by atoms with E-state index >= 15 is 0 Å². The number of hydrogen-bond donors (Lipinski definition) is 0. The van der Waals surface area contributed by atoms with E-state index in [1.807, 2.05) is 9.80 Å². The van der Waals surface area contributed by atoms with Crippen LogP contribution >= 0.6 is 22.6 Å². The van der Waals surface area contributed by atoms with E-state index in [2.05, 4.69) is 22.6 Å². The summed E-state index contributed by atoms with van der Waals surface area (Å²) in [5, 5.41) is 0. The number of nitrogens with zero attached hydrogens (tertiary/aromatic N) is 2. The number of methoxy groups -OCH3 is 1. The topological polar surface area (TPSA) is 59.1 Å². The Kier molecular flexibility index (Phi) is 5.47. The van der Waals surface area contributed by atoms with Gasteiger partial charge in [0, 0.05) is 26.1 Å². The summed E-state index contributed by atoms with van der Waals surface area (Å²) >= 11 is 2.15. The van der Waals surface area contributed by atoms with Gasteiger partial charge in [0.25, 0.3) is 0 Å². The summed E-state index contributed by atoms with van der Waals surface area (Å²) in [4.78, 5) is 27.8. The van der Waals surface area contributed by atoms with Crippen LogP contribution in [0.5, 0.6) is 5.75 Å². The van der Waals surface area contributed by atoms with Crippen molar-refractivity contribution in [1.82, 2.24) is 9.80 Å². The lowest BCUT2D eigenvalue weighted by Crippen LogP contribution is -2.41. The van der Waals surface area contributed by atoms with Crippen LogP contribution in [0.2, 0.25) is 0 Å². The normalized spacial score (nSPS) is 20.3. The third-order valence-electron chi connectivity index (χ3n) is 4.44. The fourth-order valence-electron chi connectivity index (χ4n) is 3.13. The second-order valence-corrected chi connectivity index (χ2v) is 7.25. The molecule has 0 radical (unpaired) electrons. The highest BCUT2D eigenvalue weighted by Crippen LogP contribution is 2.26. The lowest BCUT2D eigenvalue weighted by molar-refractivity contribution is 0.0600. The van der Waals surface area contributed by atoms with Gasteiger partial charge in [-0.2, -0.15) is 0 Å². The maximum absolute atomic E-state index is 12.4. The van der Waals surface area contributed by atoms with Gasteiger partial charge in [-0.1, -0.05) is 0 Å². The molecule has 3 rings (SSSR count). The van der Waals surface area contributed by atoms with Crippen molar-refractivity contribution in [2.24, 2.45) is 0 Å². The Bertz CT molecular complexity index is 631. The van der Waals surface area contributed by atoms with Crippen LogP contribution in [-0.4, -0.2) is 61.2 Å². The minimum atomic E-state index is -0.359. The number of benzene rings is 1. The quantitative estimate of drug-likeness (QED) is 0.532. The Morgan fingerprint density at radius 2 is 1.92 bits per heavy atom. The third kappa shape index (κ3) is 3.76. The first-order valence-corrected chi connectivity index (χ1v) is 9.24. The summed E-state index contributed by atoms with van der Waals surface area (Å²) in [6.07, 6.45) is 3.03. The van der Waals surface area contributed by atoms with E-state index in [1.165, 1.54) is 7.11 Å². The molecule has 0 unspecified atom stereocenters. The van der Waals surface area contributed by atoms with Gasteiger partial charge in [0.2, 0.25) is 0 Å². The molecule has 2 heterocycles. The Balaban J connectivity index is 1.59. The van der Waals surface area contributed by atoms with Crippen LogP contribution in [0, 0.1) is 3.57 Å². The van der Waals surface area contributed by atoms with Crippen molar-refractivity contribution in [2.75, 3.05) is 33.3 Å². The van der Waals surface area contributed by atoms with Crippen LogP contribution in [0.1, 0.15) is 29.6 Å². The van der Waals surface area contributed by atoms with Gasteiger partial charge in [-0.05, 0) is 53.6 Å². The van der Waals surface area contributed by atoms with Gasteiger partial charge in [0.05, 0.1) is 22.8 Å². The predicted octanol–water partition coefficient (Wildman–Crippen LogP) is 2.75. The molecule has 0 saturated carbocycles. The van der Waals surface area contributed by atoms with Crippen molar-refractivity contribution < 1.29 is 19.1 Å². The van der Waals surface area contributed by atoms with Crippen LogP contribution in [0.15, 0.2) is 18.2 Å². The first-order valence-electron chi connectivity index (χ1n) is 8.17. The second-order valence-electron chi connectivity index (χ2n) is 6.09. The first-order chi connectivity index (χ1) is 11.6. The number of carbonyl (C=O) groups excluding carboxylic acids is 2. The largest absolute Gasteiger partial charge is 0.487 e. The minimum absolute atomic E-state index is 0.00551. The van der Waals surface area contributed by atoms with Crippen molar-refractivity contribution in [3.05, 3.63) is 27.3 Å². The molecule has 1 aromatic rings. The zero-order valence-electron chi connectivity index (χ0n) is 13.7. The molecule has 7 heteroatoms. The van der Waals surface area contributed by atoms with Gasteiger partial charge >= 0.3 is 12.0 Å². The van der Waals surface area contributed by atoms with Gasteiger partial charge in [-0.25, -0.2) is 9.59 Å². The average molecular weight is 444 g/mol. The summed E-state index contributed by atoms with van der Waals surface area (Å²) in [6, 6.07) is 5.38. The smallest absolute Gasteiger partial charge is 0.337 e. The van der Waals surface area contributed by atoms with Crippen molar-refractivity contribution in [3.8, 4) is 5.75 Å². The van der Waals surface area contributed by atoms with Crippen LogP contribution < -0.4 is 4.74 Å². The molecule has 2 aliphatic heterocycles. The van der Waals surface area contributed by atoms with E-state index in [4.69, 9.17) is 9.47 Å². The van der Waals surface area contributed by atoms with E-state index in [0.717, 1.165) is 48.2 Å². The first kappa shape index (κ1) is 17.3. The number of halogens is 1. The summed E-state index contributed by atoms with van der Waals surface area (Å²) < 4.78 is 11.6. The Morgan fingerprint density at radius 3 is 2.58 bits per heavy atom. The summed E-state index contributed by atoms with van der Waals surface area (Å²) in [7, 11) is 1.37.